The highest BCUT2D eigenvalue weighted by Gasteiger charge is 2.48. The van der Waals surface area contributed by atoms with E-state index in [4.69, 9.17) is 38.6 Å². The maximum absolute atomic E-state index is 12.8. The molecule has 0 unspecified atom stereocenters. The third-order valence-electron chi connectivity index (χ3n) is 5.30. The van der Waals surface area contributed by atoms with Gasteiger partial charge in [0.2, 0.25) is 0 Å². The molecule has 0 aliphatic carbocycles. The fraction of sp³-hybridized carbons (Fsp3) is 0.167. The van der Waals surface area contributed by atoms with E-state index >= 15 is 0 Å². The van der Waals surface area contributed by atoms with Gasteiger partial charge in [0.15, 0.2) is 17.1 Å². The molecule has 2 amide bonds. The largest absolute Gasteiger partial charge is 0.439 e. The summed E-state index contributed by atoms with van der Waals surface area (Å²) in [6.07, 6.45) is 0. The quantitative estimate of drug-likeness (QED) is 0.453. The van der Waals surface area contributed by atoms with E-state index in [0.29, 0.717) is 11.1 Å². The van der Waals surface area contributed by atoms with Crippen molar-refractivity contribution in [1.29, 1.82) is 0 Å². The van der Waals surface area contributed by atoms with Crippen molar-refractivity contribution >= 4 is 35.0 Å². The maximum Gasteiger partial charge on any atom is 0.305 e. The van der Waals surface area contributed by atoms with Gasteiger partial charge in [-0.25, -0.2) is 5.90 Å². The van der Waals surface area contributed by atoms with Crippen molar-refractivity contribution in [2.75, 3.05) is 0 Å². The number of rotatable bonds is 5. The highest BCUT2D eigenvalue weighted by molar-refractivity contribution is 6.38. The van der Waals surface area contributed by atoms with Crippen LogP contribution in [0.2, 0.25) is 10.0 Å². The summed E-state index contributed by atoms with van der Waals surface area (Å²) in [5.74, 6) is 2.64. The summed E-state index contributed by atoms with van der Waals surface area (Å²) >= 11 is 13.1. The van der Waals surface area contributed by atoms with E-state index in [1.54, 1.807) is 0 Å². The van der Waals surface area contributed by atoms with Gasteiger partial charge in [-0.1, -0.05) is 83.9 Å². The summed E-state index contributed by atoms with van der Waals surface area (Å²) < 4.78 is 12.6. The molecule has 0 spiro atoms. The fourth-order valence-electron chi connectivity index (χ4n) is 3.35. The summed E-state index contributed by atoms with van der Waals surface area (Å²) in [4.78, 5) is 29.5. The second kappa shape index (κ2) is 9.15. The summed E-state index contributed by atoms with van der Waals surface area (Å²) in [6.45, 7) is 2.87. The second-order valence-corrected chi connectivity index (χ2v) is 8.75. The number of ether oxygens (including phenoxy) is 2. The van der Waals surface area contributed by atoms with Gasteiger partial charge in [0.25, 0.3) is 11.8 Å². The Labute approximate surface area is 205 Å². The zero-order valence-electron chi connectivity index (χ0n) is 18.2. The van der Waals surface area contributed by atoms with Gasteiger partial charge in [0.05, 0.1) is 15.6 Å². The first-order valence-corrected chi connectivity index (χ1v) is 10.9. The first kappa shape index (κ1) is 23.8. The van der Waals surface area contributed by atoms with Crippen LogP contribution < -0.4 is 26.2 Å². The Bertz CT molecular complexity index is 1200. The van der Waals surface area contributed by atoms with E-state index in [9.17, 15) is 9.59 Å². The van der Waals surface area contributed by atoms with Crippen molar-refractivity contribution in [3.05, 3.63) is 93.5 Å². The van der Waals surface area contributed by atoms with E-state index in [-0.39, 0.29) is 27.1 Å². The highest BCUT2D eigenvalue weighted by atomic mass is 35.5. The number of halogens is 2. The van der Waals surface area contributed by atoms with Crippen molar-refractivity contribution < 1.29 is 23.9 Å². The van der Waals surface area contributed by atoms with Crippen LogP contribution >= 0.6 is 23.2 Å². The number of benzene rings is 3. The normalized spacial score (nSPS) is 13.9. The molecule has 176 valence electrons. The average molecular weight is 502 g/mol. The SMILES string of the molecule is CC(C)(ON)C(=O)NNC(=O)c1cc(Cl)c2c(c1Cl)OC(c1ccccc1)(c1ccccc1)O2. The maximum atomic E-state index is 12.8. The Kier molecular flexibility index (Phi) is 6.42. The standard InChI is InChI=1S/C24H21Cl2N3O5/c1-23(2,34-27)22(31)29-28-21(30)16-13-17(25)19-20(18(16)26)33-24(32-19,14-9-5-3-6-10-14)15-11-7-4-8-12-15/h3-13H,27H2,1-2H3,(H,28,30)(H,29,31). The molecule has 4 rings (SSSR count). The van der Waals surface area contributed by atoms with Gasteiger partial charge < -0.3 is 9.47 Å². The number of fused-ring (bicyclic) bond motifs is 1. The summed E-state index contributed by atoms with van der Waals surface area (Å²) in [7, 11) is 0. The Morgan fingerprint density at radius 1 is 0.912 bits per heavy atom. The van der Waals surface area contributed by atoms with Crippen molar-refractivity contribution in [1.82, 2.24) is 10.9 Å². The smallest absolute Gasteiger partial charge is 0.305 e. The van der Waals surface area contributed by atoms with Crippen LogP contribution in [-0.2, 0) is 15.4 Å². The average Bonchev–Trinajstić information content (AvgIpc) is 3.29. The molecule has 34 heavy (non-hydrogen) atoms. The molecule has 0 saturated carbocycles. The molecule has 0 saturated heterocycles. The van der Waals surface area contributed by atoms with Crippen LogP contribution in [0, 0.1) is 0 Å². The number of amides is 2. The molecule has 3 aromatic rings. The molecule has 0 bridgehead atoms. The zero-order chi connectivity index (χ0) is 24.5. The zero-order valence-corrected chi connectivity index (χ0v) is 19.7. The molecule has 8 nitrogen and oxygen atoms in total. The van der Waals surface area contributed by atoms with Crippen LogP contribution in [-0.4, -0.2) is 17.4 Å². The van der Waals surface area contributed by atoms with E-state index in [1.165, 1.54) is 19.9 Å². The minimum absolute atomic E-state index is 0.0299. The molecule has 1 aliphatic heterocycles. The summed E-state index contributed by atoms with van der Waals surface area (Å²) in [5, 5.41) is 0.0736. The Morgan fingerprint density at radius 2 is 1.44 bits per heavy atom. The molecule has 0 aromatic heterocycles. The lowest BCUT2D eigenvalue weighted by atomic mass is 9.97. The lowest BCUT2D eigenvalue weighted by molar-refractivity contribution is -0.144. The molecular weight excluding hydrogens is 481 g/mol. The summed E-state index contributed by atoms with van der Waals surface area (Å²) in [5.41, 5.74) is 4.51. The van der Waals surface area contributed by atoms with Gasteiger partial charge in [0, 0.05) is 11.1 Å². The van der Waals surface area contributed by atoms with Crippen LogP contribution in [0.5, 0.6) is 11.5 Å². The van der Waals surface area contributed by atoms with E-state index in [2.05, 4.69) is 15.7 Å². The molecular formula is C24H21Cl2N3O5. The highest BCUT2D eigenvalue weighted by Crippen LogP contribution is 2.54. The Hall–Kier alpha value is -3.30. The van der Waals surface area contributed by atoms with Crippen molar-refractivity contribution in [2.45, 2.75) is 25.2 Å². The first-order chi connectivity index (χ1) is 16.2. The molecule has 10 heteroatoms. The van der Waals surface area contributed by atoms with Crippen LogP contribution in [0.3, 0.4) is 0 Å². The predicted molar refractivity (Wildman–Crippen MR) is 126 cm³/mol. The minimum Gasteiger partial charge on any atom is -0.439 e. The van der Waals surface area contributed by atoms with E-state index in [1.807, 2.05) is 60.7 Å². The molecule has 0 atom stereocenters. The number of nitrogens with two attached hydrogens (primary N) is 1. The predicted octanol–water partition coefficient (Wildman–Crippen LogP) is 4.10. The van der Waals surface area contributed by atoms with Gasteiger partial charge in [-0.15, -0.1) is 0 Å². The third kappa shape index (κ3) is 4.17. The van der Waals surface area contributed by atoms with Crippen LogP contribution in [0.15, 0.2) is 66.7 Å². The van der Waals surface area contributed by atoms with Gasteiger partial charge >= 0.3 is 5.79 Å². The van der Waals surface area contributed by atoms with Crippen molar-refractivity contribution in [2.24, 2.45) is 5.90 Å². The number of hydrazine groups is 1. The molecule has 0 radical (unpaired) electrons. The minimum atomic E-state index is -1.37. The molecule has 1 heterocycles. The lowest BCUT2D eigenvalue weighted by Crippen LogP contribution is -2.52. The molecule has 4 N–H and O–H groups in total. The van der Waals surface area contributed by atoms with Crippen molar-refractivity contribution in [3.63, 3.8) is 0 Å². The second-order valence-electron chi connectivity index (χ2n) is 7.97. The number of hydrogen-bond acceptors (Lipinski definition) is 6. The third-order valence-corrected chi connectivity index (χ3v) is 5.96. The Balaban J connectivity index is 1.70. The van der Waals surface area contributed by atoms with E-state index in [0.717, 1.165) is 0 Å². The molecule has 3 aromatic carbocycles. The van der Waals surface area contributed by atoms with Crippen molar-refractivity contribution in [3.8, 4) is 11.5 Å². The Morgan fingerprint density at radius 3 is 1.97 bits per heavy atom. The summed E-state index contributed by atoms with van der Waals surface area (Å²) in [6, 6.07) is 19.9. The number of carbonyl (C=O) groups excluding carboxylic acids is 2. The lowest BCUT2D eigenvalue weighted by Gasteiger charge is -2.28. The van der Waals surface area contributed by atoms with Crippen LogP contribution in [0.4, 0.5) is 0 Å². The number of hydrogen-bond donors (Lipinski definition) is 3. The topological polar surface area (TPSA) is 112 Å². The van der Waals surface area contributed by atoms with Gasteiger partial charge in [-0.3, -0.25) is 25.3 Å². The van der Waals surface area contributed by atoms with Gasteiger partial charge in [-0.2, -0.15) is 0 Å². The van der Waals surface area contributed by atoms with Crippen LogP contribution in [0.1, 0.15) is 35.3 Å². The van der Waals surface area contributed by atoms with E-state index < -0.39 is 23.2 Å². The molecule has 0 fully saturated rings. The number of nitrogens with one attached hydrogen (secondary N) is 2. The first-order valence-electron chi connectivity index (χ1n) is 10.2. The number of carbonyl (C=O) groups is 2. The van der Waals surface area contributed by atoms with Gasteiger partial charge in [-0.05, 0) is 19.9 Å². The monoisotopic (exact) mass is 501 g/mol. The van der Waals surface area contributed by atoms with Crippen LogP contribution in [0.25, 0.3) is 0 Å². The molecule has 1 aliphatic rings. The van der Waals surface area contributed by atoms with Gasteiger partial charge in [0.1, 0.15) is 0 Å². The fourth-order valence-corrected chi connectivity index (χ4v) is 3.85.